The van der Waals surface area contributed by atoms with Crippen LogP contribution in [0.15, 0.2) is 315 Å². The van der Waals surface area contributed by atoms with E-state index in [9.17, 15) is 28.0 Å². The zero-order valence-corrected chi connectivity index (χ0v) is 74.9. The van der Waals surface area contributed by atoms with Gasteiger partial charge in [0, 0.05) is 56.3 Å². The molecule has 0 aliphatic heterocycles. The third-order valence-corrected chi connectivity index (χ3v) is 21.5. The van der Waals surface area contributed by atoms with Gasteiger partial charge in [-0.1, -0.05) is 152 Å². The average Bonchev–Trinajstić information content (AvgIpc) is 1.56. The monoisotopic (exact) mass is 1770 g/mol. The Morgan fingerprint density at radius 3 is 0.871 bits per heavy atom. The molecule has 0 N–H and O–H groups in total. The highest BCUT2D eigenvalue weighted by molar-refractivity contribution is 6.16. The van der Waals surface area contributed by atoms with Crippen LogP contribution in [0, 0.1) is 46.1 Å². The van der Waals surface area contributed by atoms with Gasteiger partial charge in [0.05, 0.1) is 60.6 Å². The number of anilines is 6. The van der Waals surface area contributed by atoms with Crippen LogP contribution in [-0.2, 0) is 32.0 Å². The maximum atomic E-state index is 14.9. The van der Waals surface area contributed by atoms with Gasteiger partial charge < -0.3 is 57.2 Å². The summed E-state index contributed by atoms with van der Waals surface area (Å²) in [5.74, 6) is -0.280. The molecule has 132 heavy (non-hydrogen) atoms. The standard InChI is InChI=1S/C108H104F2N8O14/c1-73(2)61-123-103(119)79-33-49-91(50-34-79)127-67-107(71-131-95-57-41-83(109)42-58-95,68-128-92-51-35-80(36-52-92)104(120)124-62-74(3)4)65-115-111-99-97(77-29-45-89(46-30-77)117(85-21-13-9-14-22-85)86-23-15-10-16-24-86)101-102(98(100(99)112-115)78-31-47-90(48-32-78)118(87-25-17-11-18-26-87)88-27-19-12-20-28-88)114-116(113-101)66-108(72-132-96-59-43-84(110)44-60-96,69-129-93-53-37-81(38-54-93)105(121)125-63-75(5)6)70-130-94-55-39-82(40-56-94)106(122)126-64-76(7)8/h9-60,73-76H,61-72H2,1-8H3. The second-order valence-corrected chi connectivity index (χ2v) is 34.4. The Kier molecular flexibility index (Phi) is 29.7. The number of benzene rings is 13. The van der Waals surface area contributed by atoms with Crippen molar-refractivity contribution >= 4 is 80.1 Å². The molecule has 0 spiro atoms. The van der Waals surface area contributed by atoms with Gasteiger partial charge in [-0.2, -0.15) is 30.0 Å². The van der Waals surface area contributed by atoms with Crippen LogP contribution in [0.1, 0.15) is 96.8 Å². The number of nitrogens with zero attached hydrogens (tertiary/aromatic N) is 8. The van der Waals surface area contributed by atoms with Crippen molar-refractivity contribution < 1.29 is 80.1 Å². The van der Waals surface area contributed by atoms with Gasteiger partial charge in [0.1, 0.15) is 102 Å². The van der Waals surface area contributed by atoms with Crippen LogP contribution < -0.4 is 48.1 Å². The van der Waals surface area contributed by atoms with E-state index in [1.807, 2.05) is 177 Å². The lowest BCUT2D eigenvalue weighted by Crippen LogP contribution is -2.55. The number of carbonyl (C=O) groups excluding carboxylic acids is 4. The van der Waals surface area contributed by atoms with Crippen molar-refractivity contribution in [3.8, 4) is 56.8 Å². The van der Waals surface area contributed by atoms with E-state index in [0.29, 0.717) is 101 Å². The quantitative estimate of drug-likeness (QED) is 0.0197. The van der Waals surface area contributed by atoms with Crippen LogP contribution in [0.5, 0.6) is 34.5 Å². The second kappa shape index (κ2) is 42.8. The zero-order chi connectivity index (χ0) is 92.1. The molecule has 15 aromatic rings. The number of rotatable bonds is 42. The van der Waals surface area contributed by atoms with Gasteiger partial charge in [0.15, 0.2) is 6.54 Å². The van der Waals surface area contributed by atoms with E-state index < -0.39 is 46.3 Å². The summed E-state index contributed by atoms with van der Waals surface area (Å²) in [7, 11) is 0. The van der Waals surface area contributed by atoms with Gasteiger partial charge in [-0.05, 0) is 253 Å². The molecule has 2 aromatic heterocycles. The van der Waals surface area contributed by atoms with Crippen LogP contribution >= 0.6 is 0 Å². The molecular formula is C108H104F2N8O14. The first-order valence-electron chi connectivity index (χ1n) is 44.1. The lowest BCUT2D eigenvalue weighted by atomic mass is 9.91. The highest BCUT2D eigenvalue weighted by atomic mass is 19.1. The van der Waals surface area contributed by atoms with Gasteiger partial charge in [-0.25, -0.2) is 28.0 Å². The highest BCUT2D eigenvalue weighted by Gasteiger charge is 2.41. The van der Waals surface area contributed by atoms with Crippen molar-refractivity contribution in [1.82, 2.24) is 25.2 Å². The van der Waals surface area contributed by atoms with Crippen LogP contribution in [0.25, 0.3) is 44.3 Å². The van der Waals surface area contributed by atoms with E-state index in [1.54, 1.807) is 107 Å². The summed E-state index contributed by atoms with van der Waals surface area (Å²) in [4.78, 5) is 61.1. The maximum absolute atomic E-state index is 14.9. The smallest absolute Gasteiger partial charge is 0.338 e. The molecule has 0 amide bonds. The van der Waals surface area contributed by atoms with Gasteiger partial charge >= 0.3 is 23.9 Å². The van der Waals surface area contributed by atoms with Crippen molar-refractivity contribution in [2.75, 3.05) is 75.9 Å². The Morgan fingerprint density at radius 2 is 0.583 bits per heavy atom. The Balaban J connectivity index is 0.943. The number of esters is 4. The molecule has 0 bridgehead atoms. The summed E-state index contributed by atoms with van der Waals surface area (Å²) in [5, 5.41) is 22.7. The van der Waals surface area contributed by atoms with E-state index in [0.717, 1.165) is 34.1 Å². The van der Waals surface area contributed by atoms with Crippen molar-refractivity contribution in [2.24, 2.45) is 34.5 Å². The number of aromatic nitrogens is 6. The predicted octanol–water partition coefficient (Wildman–Crippen LogP) is 22.5. The van der Waals surface area contributed by atoms with Crippen molar-refractivity contribution in [3.05, 3.63) is 349 Å². The lowest BCUT2D eigenvalue weighted by Gasteiger charge is -2.32. The summed E-state index contributed by atoms with van der Waals surface area (Å²) in [6.07, 6.45) is 0. The lowest BCUT2D eigenvalue weighted by molar-refractivity contribution is -0.814. The summed E-state index contributed by atoms with van der Waals surface area (Å²) in [6.45, 7) is 15.4. The fraction of sp³-hybridized carbons (Fsp3) is 0.241. The van der Waals surface area contributed by atoms with Gasteiger partial charge in [-0.3, -0.25) is 0 Å². The molecule has 24 heteroatoms. The molecule has 2 heterocycles. The normalized spacial score (nSPS) is 11.6. The van der Waals surface area contributed by atoms with E-state index in [2.05, 4.69) is 58.3 Å². The number of carbonyl (C=O) groups is 4. The van der Waals surface area contributed by atoms with E-state index in [4.69, 9.17) is 67.8 Å². The van der Waals surface area contributed by atoms with E-state index >= 15 is 0 Å². The Labute approximate surface area is 766 Å². The first kappa shape index (κ1) is 91.5. The van der Waals surface area contributed by atoms with Crippen molar-refractivity contribution in [3.63, 3.8) is 0 Å². The first-order chi connectivity index (χ1) is 64.0. The topological polar surface area (TPSA) is 229 Å². The summed E-state index contributed by atoms with van der Waals surface area (Å²) in [5.41, 5.74) is 7.85. The molecule has 0 aliphatic carbocycles. The second-order valence-electron chi connectivity index (χ2n) is 34.4. The Hall–Kier alpha value is -15.2. The average molecular weight is 1780 g/mol. The minimum absolute atomic E-state index is 0.106. The largest absolute Gasteiger partial charge is 0.493 e. The van der Waals surface area contributed by atoms with Gasteiger partial charge in [-0.15, -0.1) is 0 Å². The minimum Gasteiger partial charge on any atom is -0.493 e. The first-order valence-corrected chi connectivity index (χ1v) is 44.1. The van der Waals surface area contributed by atoms with Crippen LogP contribution in [0.2, 0.25) is 0 Å². The summed E-state index contributed by atoms with van der Waals surface area (Å²) < 4.78 is 93.5. The number of halogens is 2. The summed E-state index contributed by atoms with van der Waals surface area (Å²) >= 11 is 0. The minimum atomic E-state index is -1.33. The van der Waals surface area contributed by atoms with Gasteiger partial charge in [0.2, 0.25) is 0 Å². The highest BCUT2D eigenvalue weighted by Crippen LogP contribution is 2.45. The molecule has 0 fully saturated rings. The Morgan fingerprint density at radius 1 is 0.326 bits per heavy atom. The predicted molar refractivity (Wildman–Crippen MR) is 503 cm³/mol. The third kappa shape index (κ3) is 23.6. The number of hydrogen-bond acceptors (Lipinski definition) is 19. The molecule has 22 nitrogen and oxygen atoms in total. The SMILES string of the molecule is CC(C)COC(=O)c1ccc(OCC(COc2ccc(F)cc2)(COc2ccc(C(=O)OCC(C)C)cc2)Cn2nc3c(-c4ccc(N(c5ccccc5)c5ccccc5)cc4)c4n[n+](CC(COc5ccc(F)cc5)(COc5ccc(C(=O)OCC(C)C)cc5)COc5ccc(C(=O)OCC(C)C)cc5)[n-]c4c(-c4ccc(N(c5ccccc5)c5ccccc5)cc4)c3n2)cc1. The third-order valence-electron chi connectivity index (χ3n) is 21.5. The fourth-order valence-electron chi connectivity index (χ4n) is 14.7. The van der Waals surface area contributed by atoms with Gasteiger partial charge in [0.25, 0.3) is 0 Å². The molecular weight excluding hydrogens is 1670 g/mol. The molecule has 0 saturated heterocycles. The van der Waals surface area contributed by atoms with Crippen molar-refractivity contribution in [2.45, 2.75) is 68.5 Å². The van der Waals surface area contributed by atoms with E-state index in [-0.39, 0.29) is 103 Å². The zero-order valence-electron chi connectivity index (χ0n) is 74.9. The fourth-order valence-corrected chi connectivity index (χ4v) is 14.7. The number of hydrogen-bond donors (Lipinski definition) is 0. The van der Waals surface area contributed by atoms with Crippen LogP contribution in [0.3, 0.4) is 0 Å². The molecule has 15 rings (SSSR count). The maximum Gasteiger partial charge on any atom is 0.338 e. The molecule has 674 valence electrons. The molecule has 0 aliphatic rings. The molecule has 0 saturated carbocycles. The molecule has 13 aromatic carbocycles. The Bertz CT molecular complexity index is 5660. The number of fused-ring (bicyclic) bond motifs is 2. The molecule has 0 atom stereocenters. The van der Waals surface area contributed by atoms with Crippen LogP contribution in [0.4, 0.5) is 42.9 Å². The van der Waals surface area contributed by atoms with Crippen molar-refractivity contribution in [1.29, 1.82) is 0 Å². The number of ether oxygens (including phenoxy) is 10. The summed E-state index contributed by atoms with van der Waals surface area (Å²) in [6, 6.07) is 94.5. The molecule has 0 radical (unpaired) electrons. The molecule has 0 unspecified atom stereocenters. The number of para-hydroxylation sites is 4. The van der Waals surface area contributed by atoms with E-state index in [1.165, 1.54) is 48.5 Å². The van der Waals surface area contributed by atoms with Crippen LogP contribution in [-0.4, -0.2) is 110 Å².